The first-order valence-electron chi connectivity index (χ1n) is 9.73. The van der Waals surface area contributed by atoms with Crippen molar-refractivity contribution >= 4 is 28.4 Å². The van der Waals surface area contributed by atoms with Crippen molar-refractivity contribution < 1.29 is 4.39 Å². The molecule has 3 heterocycles. The Bertz CT molecular complexity index is 1510. The van der Waals surface area contributed by atoms with Crippen molar-refractivity contribution in [1.82, 2.24) is 23.9 Å². The molecule has 0 bridgehead atoms. The third kappa shape index (κ3) is 3.48. The Kier molecular flexibility index (Phi) is 4.78. The number of nitrogens with zero attached hydrogens (tertiary/aromatic N) is 5. The van der Waals surface area contributed by atoms with Gasteiger partial charge >= 0.3 is 0 Å². The highest BCUT2D eigenvalue weighted by atomic mass is 32.2. The molecule has 0 fully saturated rings. The molecule has 0 spiro atoms. The zero-order valence-electron chi connectivity index (χ0n) is 16.9. The van der Waals surface area contributed by atoms with Crippen LogP contribution < -0.4 is 5.56 Å². The van der Waals surface area contributed by atoms with Crippen molar-refractivity contribution in [2.45, 2.75) is 24.8 Å². The molecule has 0 saturated heterocycles. The minimum absolute atomic E-state index is 0.177. The van der Waals surface area contributed by atoms with Crippen molar-refractivity contribution in [2.75, 3.05) is 0 Å². The third-order valence-corrected chi connectivity index (χ3v) is 5.97. The normalized spacial score (nSPS) is 11.5. The fraction of sp³-hybridized carbons (Fsp3) is 0.130. The standard InChI is InChI=1S/C23H18FN5OS/c1-14-11-15(2)28-12-16(26-22(28)25-14)13-31-23-27-19-9-5-3-7-17(19)21(30)29(23)20-10-6-4-8-18(20)24/h3-12H,13H2,1-2H3. The van der Waals surface area contributed by atoms with Gasteiger partial charge in [0.15, 0.2) is 5.16 Å². The van der Waals surface area contributed by atoms with Gasteiger partial charge < -0.3 is 0 Å². The van der Waals surface area contributed by atoms with Crippen molar-refractivity contribution in [3.63, 3.8) is 0 Å². The van der Waals surface area contributed by atoms with Crippen LogP contribution in [0.2, 0.25) is 0 Å². The van der Waals surface area contributed by atoms with Crippen LogP contribution in [0.3, 0.4) is 0 Å². The van der Waals surface area contributed by atoms with Crippen LogP contribution in [0.5, 0.6) is 0 Å². The molecule has 0 amide bonds. The first kappa shape index (κ1) is 19.4. The van der Waals surface area contributed by atoms with Gasteiger partial charge in [0.2, 0.25) is 5.78 Å². The Hall–Kier alpha value is -3.52. The van der Waals surface area contributed by atoms with E-state index in [1.807, 2.05) is 36.6 Å². The molecule has 5 rings (SSSR count). The summed E-state index contributed by atoms with van der Waals surface area (Å²) in [4.78, 5) is 27.0. The summed E-state index contributed by atoms with van der Waals surface area (Å²) in [6.45, 7) is 3.93. The Morgan fingerprint density at radius 2 is 1.77 bits per heavy atom. The molecule has 154 valence electrons. The second-order valence-corrected chi connectivity index (χ2v) is 8.18. The van der Waals surface area contributed by atoms with Gasteiger partial charge in [-0.2, -0.15) is 0 Å². The summed E-state index contributed by atoms with van der Waals surface area (Å²) in [5.74, 6) is 0.610. The SMILES string of the molecule is Cc1cc(C)n2cc(CSc3nc4ccccc4c(=O)n3-c3ccccc3F)nc2n1. The van der Waals surface area contributed by atoms with Gasteiger partial charge in [0, 0.05) is 23.3 Å². The van der Waals surface area contributed by atoms with Crippen LogP contribution in [0.1, 0.15) is 17.1 Å². The van der Waals surface area contributed by atoms with Crippen molar-refractivity contribution in [2.24, 2.45) is 0 Å². The number of hydrogen-bond acceptors (Lipinski definition) is 5. The minimum atomic E-state index is -0.480. The monoisotopic (exact) mass is 431 g/mol. The molecule has 3 aromatic heterocycles. The molecule has 5 aromatic rings. The average molecular weight is 431 g/mol. The maximum atomic E-state index is 14.6. The number of hydrogen-bond donors (Lipinski definition) is 0. The fourth-order valence-electron chi connectivity index (χ4n) is 3.58. The molecule has 2 aromatic carbocycles. The molecule has 0 saturated carbocycles. The van der Waals surface area contributed by atoms with Gasteiger partial charge in [-0.1, -0.05) is 36.0 Å². The first-order chi connectivity index (χ1) is 15.0. The molecule has 0 aliphatic heterocycles. The van der Waals surface area contributed by atoms with Gasteiger partial charge in [-0.05, 0) is 44.2 Å². The van der Waals surface area contributed by atoms with Crippen LogP contribution in [-0.2, 0) is 5.75 Å². The lowest BCUT2D eigenvalue weighted by Crippen LogP contribution is -2.22. The molecule has 6 nitrogen and oxygen atoms in total. The van der Waals surface area contributed by atoms with Gasteiger partial charge in [-0.25, -0.2) is 19.3 Å². The third-order valence-electron chi connectivity index (χ3n) is 5.00. The van der Waals surface area contributed by atoms with Crippen LogP contribution in [-0.4, -0.2) is 23.9 Å². The number of aromatic nitrogens is 5. The van der Waals surface area contributed by atoms with Crippen LogP contribution >= 0.6 is 11.8 Å². The number of imidazole rings is 1. The van der Waals surface area contributed by atoms with Gasteiger partial charge in [0.25, 0.3) is 5.56 Å². The lowest BCUT2D eigenvalue weighted by Gasteiger charge is -2.13. The molecule has 31 heavy (non-hydrogen) atoms. The highest BCUT2D eigenvalue weighted by molar-refractivity contribution is 7.98. The number of rotatable bonds is 4. The predicted molar refractivity (Wildman–Crippen MR) is 119 cm³/mol. The largest absolute Gasteiger partial charge is 0.288 e. The molecule has 0 atom stereocenters. The number of para-hydroxylation sites is 2. The smallest absolute Gasteiger partial charge is 0.266 e. The molecule has 0 aliphatic rings. The van der Waals surface area contributed by atoms with E-state index in [9.17, 15) is 9.18 Å². The number of aryl methyl sites for hydroxylation is 2. The zero-order chi connectivity index (χ0) is 21.5. The molecule has 8 heteroatoms. The van der Waals surface area contributed by atoms with E-state index in [-0.39, 0.29) is 11.2 Å². The summed E-state index contributed by atoms with van der Waals surface area (Å²) < 4.78 is 17.9. The van der Waals surface area contributed by atoms with Crippen LogP contribution in [0.25, 0.3) is 22.4 Å². The highest BCUT2D eigenvalue weighted by Gasteiger charge is 2.17. The van der Waals surface area contributed by atoms with Crippen molar-refractivity contribution in [3.8, 4) is 5.69 Å². The number of halogens is 1. The summed E-state index contributed by atoms with van der Waals surface area (Å²) in [7, 11) is 0. The number of thioether (sulfide) groups is 1. The quantitative estimate of drug-likeness (QED) is 0.310. The van der Waals surface area contributed by atoms with Crippen LogP contribution in [0.15, 0.2) is 70.7 Å². The summed E-state index contributed by atoms with van der Waals surface area (Å²) in [5, 5.41) is 0.852. The fourth-order valence-corrected chi connectivity index (χ4v) is 4.47. The number of fused-ring (bicyclic) bond motifs is 2. The van der Waals surface area contributed by atoms with E-state index in [0.717, 1.165) is 17.1 Å². The van der Waals surface area contributed by atoms with Crippen molar-refractivity contribution in [3.05, 3.63) is 94.0 Å². The van der Waals surface area contributed by atoms with Crippen LogP contribution in [0, 0.1) is 19.7 Å². The maximum Gasteiger partial charge on any atom is 0.266 e. The summed E-state index contributed by atoms with van der Waals surface area (Å²) >= 11 is 1.34. The zero-order valence-corrected chi connectivity index (χ0v) is 17.7. The molecule has 0 N–H and O–H groups in total. The number of benzene rings is 2. The van der Waals surface area contributed by atoms with E-state index < -0.39 is 5.82 Å². The summed E-state index contributed by atoms with van der Waals surface area (Å²) in [6.07, 6.45) is 1.93. The van der Waals surface area contributed by atoms with E-state index in [1.54, 1.807) is 36.4 Å². The highest BCUT2D eigenvalue weighted by Crippen LogP contribution is 2.25. The molecular weight excluding hydrogens is 413 g/mol. The van der Waals surface area contributed by atoms with Gasteiger partial charge in [-0.3, -0.25) is 13.8 Å². The Morgan fingerprint density at radius 1 is 1.00 bits per heavy atom. The van der Waals surface area contributed by atoms with E-state index in [0.29, 0.717) is 27.6 Å². The first-order valence-corrected chi connectivity index (χ1v) is 10.7. The lowest BCUT2D eigenvalue weighted by atomic mass is 10.2. The van der Waals surface area contributed by atoms with Gasteiger partial charge in [-0.15, -0.1) is 0 Å². The Labute approximate surface area is 181 Å². The molecule has 0 aliphatic carbocycles. The summed E-state index contributed by atoms with van der Waals surface area (Å²) in [5.41, 5.74) is 3.19. The molecular formula is C23H18FN5OS. The Balaban J connectivity index is 1.61. The topological polar surface area (TPSA) is 65.1 Å². The second-order valence-electron chi connectivity index (χ2n) is 7.23. The van der Waals surface area contributed by atoms with Gasteiger partial charge in [0.05, 0.1) is 22.3 Å². The Morgan fingerprint density at radius 3 is 2.61 bits per heavy atom. The molecule has 0 unspecified atom stereocenters. The van der Waals surface area contributed by atoms with E-state index in [1.165, 1.54) is 22.4 Å². The minimum Gasteiger partial charge on any atom is -0.288 e. The lowest BCUT2D eigenvalue weighted by molar-refractivity contribution is 0.608. The van der Waals surface area contributed by atoms with Gasteiger partial charge in [0.1, 0.15) is 5.82 Å². The predicted octanol–water partition coefficient (Wildman–Crippen LogP) is 4.48. The van der Waals surface area contributed by atoms with E-state index >= 15 is 0 Å². The summed E-state index contributed by atoms with van der Waals surface area (Å²) in [6, 6.07) is 15.3. The van der Waals surface area contributed by atoms with E-state index in [2.05, 4.69) is 15.0 Å². The van der Waals surface area contributed by atoms with Crippen molar-refractivity contribution in [1.29, 1.82) is 0 Å². The van der Waals surface area contributed by atoms with Crippen LogP contribution in [0.4, 0.5) is 4.39 Å². The molecule has 0 radical (unpaired) electrons. The van der Waals surface area contributed by atoms with E-state index in [4.69, 9.17) is 0 Å². The average Bonchev–Trinajstić information content (AvgIpc) is 3.16. The maximum absolute atomic E-state index is 14.6. The second kappa shape index (κ2) is 7.63.